The van der Waals surface area contributed by atoms with Gasteiger partial charge in [-0.1, -0.05) is 18.2 Å². The second-order valence-corrected chi connectivity index (χ2v) is 5.70. The van der Waals surface area contributed by atoms with Gasteiger partial charge in [-0.15, -0.1) is 0 Å². The van der Waals surface area contributed by atoms with E-state index < -0.39 is 5.97 Å². The number of nitro groups is 1. The molecule has 0 unspecified atom stereocenters. The molecular weight excluding hydrogens is 286 g/mol. The number of likely N-dealkylation sites (tertiary alicyclic amines) is 1. The zero-order valence-corrected chi connectivity index (χ0v) is 12.6. The Hall–Kier alpha value is -1.99. The lowest BCUT2D eigenvalue weighted by atomic mass is 10.0. The molecule has 0 bridgehead atoms. The van der Waals surface area contributed by atoms with E-state index in [0.717, 1.165) is 31.5 Å². The minimum atomic E-state index is -0.815. The van der Waals surface area contributed by atoms with Crippen LogP contribution in [-0.2, 0) is 11.3 Å². The summed E-state index contributed by atoms with van der Waals surface area (Å²) < 4.78 is 0. The molecule has 0 aromatic heterocycles. The van der Waals surface area contributed by atoms with Crippen LogP contribution in [0.4, 0.5) is 5.69 Å². The Kier molecular flexibility index (Phi) is 5.46. The number of hydrogen-bond acceptors (Lipinski definition) is 5. The second kappa shape index (κ2) is 7.33. The third-order valence-corrected chi connectivity index (χ3v) is 4.15. The first-order valence-electron chi connectivity index (χ1n) is 7.34. The number of piperidine rings is 1. The molecule has 0 radical (unpaired) electrons. The molecule has 0 amide bonds. The summed E-state index contributed by atoms with van der Waals surface area (Å²) in [6.45, 7) is 2.25. The number of likely N-dealkylation sites (N-methyl/N-ethyl adjacent to an activating group) is 1. The third-order valence-electron chi connectivity index (χ3n) is 4.15. The van der Waals surface area contributed by atoms with E-state index in [1.54, 1.807) is 12.1 Å². The number of nitrogens with zero attached hydrogens (tertiary/aromatic N) is 3. The lowest BCUT2D eigenvalue weighted by Crippen LogP contribution is -2.44. The SMILES string of the molecule is CN(CC(=O)O)C1CCN(Cc2ccccc2[N+](=O)[O-])CC1. The van der Waals surface area contributed by atoms with Crippen molar-refractivity contribution in [2.75, 3.05) is 26.7 Å². The molecule has 0 saturated carbocycles. The lowest BCUT2D eigenvalue weighted by Gasteiger charge is -2.36. The second-order valence-electron chi connectivity index (χ2n) is 5.70. The van der Waals surface area contributed by atoms with Crippen LogP contribution in [0.5, 0.6) is 0 Å². The maximum atomic E-state index is 11.0. The summed E-state index contributed by atoms with van der Waals surface area (Å²) in [5.41, 5.74) is 0.887. The first-order chi connectivity index (χ1) is 10.5. The maximum absolute atomic E-state index is 11.0. The van der Waals surface area contributed by atoms with Gasteiger partial charge in [0.2, 0.25) is 0 Å². The molecule has 1 N–H and O–H groups in total. The Bertz CT molecular complexity index is 541. The maximum Gasteiger partial charge on any atom is 0.317 e. The highest BCUT2D eigenvalue weighted by Gasteiger charge is 2.24. The molecule has 0 aliphatic carbocycles. The molecule has 22 heavy (non-hydrogen) atoms. The predicted molar refractivity (Wildman–Crippen MR) is 81.7 cm³/mol. The van der Waals surface area contributed by atoms with Crippen LogP contribution in [0.25, 0.3) is 0 Å². The number of aliphatic carboxylic acids is 1. The number of rotatable bonds is 6. The van der Waals surface area contributed by atoms with Crippen LogP contribution >= 0.6 is 0 Å². The van der Waals surface area contributed by atoms with Crippen molar-refractivity contribution >= 4 is 11.7 Å². The summed E-state index contributed by atoms with van der Waals surface area (Å²) in [5.74, 6) is -0.815. The summed E-state index contributed by atoms with van der Waals surface area (Å²) in [5, 5.41) is 19.9. The summed E-state index contributed by atoms with van der Waals surface area (Å²) in [6, 6.07) is 7.08. The van der Waals surface area contributed by atoms with Crippen molar-refractivity contribution < 1.29 is 14.8 Å². The highest BCUT2D eigenvalue weighted by atomic mass is 16.6. The molecule has 1 saturated heterocycles. The first kappa shape index (κ1) is 16.4. The van der Waals surface area contributed by atoms with Gasteiger partial charge >= 0.3 is 5.97 Å². The molecule has 1 aliphatic heterocycles. The standard InChI is InChI=1S/C15H21N3O4/c1-16(11-15(19)20)13-6-8-17(9-7-13)10-12-4-2-3-5-14(12)18(21)22/h2-5,13H,6-11H2,1H3,(H,19,20). The number of carbonyl (C=O) groups is 1. The van der Waals surface area contributed by atoms with E-state index in [1.807, 2.05) is 18.0 Å². The Morgan fingerprint density at radius 2 is 2.05 bits per heavy atom. The van der Waals surface area contributed by atoms with Gasteiger partial charge in [0.25, 0.3) is 5.69 Å². The van der Waals surface area contributed by atoms with Gasteiger partial charge in [0.05, 0.1) is 11.5 Å². The normalized spacial score (nSPS) is 16.8. The van der Waals surface area contributed by atoms with Gasteiger partial charge in [-0.2, -0.15) is 0 Å². The number of carboxylic acids is 1. The van der Waals surface area contributed by atoms with Gasteiger partial charge < -0.3 is 5.11 Å². The molecule has 1 aliphatic rings. The molecule has 7 nitrogen and oxygen atoms in total. The molecule has 1 aromatic rings. The summed E-state index contributed by atoms with van der Waals surface area (Å²) in [4.78, 5) is 25.5. The van der Waals surface area contributed by atoms with Crippen LogP contribution in [0.2, 0.25) is 0 Å². The van der Waals surface area contributed by atoms with Crippen LogP contribution in [0, 0.1) is 10.1 Å². The van der Waals surface area contributed by atoms with Crippen molar-refractivity contribution in [3.63, 3.8) is 0 Å². The van der Waals surface area contributed by atoms with Crippen LogP contribution < -0.4 is 0 Å². The minimum Gasteiger partial charge on any atom is -0.480 e. The monoisotopic (exact) mass is 307 g/mol. The number of nitro benzene ring substituents is 1. The van der Waals surface area contributed by atoms with E-state index in [2.05, 4.69) is 4.90 Å². The van der Waals surface area contributed by atoms with Crippen LogP contribution in [0.1, 0.15) is 18.4 Å². The highest BCUT2D eigenvalue weighted by molar-refractivity contribution is 5.69. The number of para-hydroxylation sites is 1. The van der Waals surface area contributed by atoms with Crippen molar-refractivity contribution in [2.24, 2.45) is 0 Å². The van der Waals surface area contributed by atoms with Crippen molar-refractivity contribution in [1.29, 1.82) is 0 Å². The van der Waals surface area contributed by atoms with E-state index in [4.69, 9.17) is 5.11 Å². The highest BCUT2D eigenvalue weighted by Crippen LogP contribution is 2.22. The van der Waals surface area contributed by atoms with Crippen LogP contribution in [0.3, 0.4) is 0 Å². The Balaban J connectivity index is 1.90. The summed E-state index contributed by atoms with van der Waals surface area (Å²) in [6.07, 6.45) is 1.76. The van der Waals surface area contributed by atoms with E-state index >= 15 is 0 Å². The molecule has 1 fully saturated rings. The molecule has 120 valence electrons. The largest absolute Gasteiger partial charge is 0.480 e. The average Bonchev–Trinajstić information content (AvgIpc) is 2.47. The van der Waals surface area contributed by atoms with Crippen LogP contribution in [0.15, 0.2) is 24.3 Å². The van der Waals surface area contributed by atoms with Crippen molar-refractivity contribution in [3.8, 4) is 0 Å². The van der Waals surface area contributed by atoms with Crippen LogP contribution in [-0.4, -0.2) is 58.5 Å². The Morgan fingerprint density at radius 3 is 2.64 bits per heavy atom. The fourth-order valence-corrected chi connectivity index (χ4v) is 2.92. The lowest BCUT2D eigenvalue weighted by molar-refractivity contribution is -0.385. The Labute approximate surface area is 129 Å². The van der Waals surface area contributed by atoms with Gasteiger partial charge in [0.1, 0.15) is 0 Å². The summed E-state index contributed by atoms with van der Waals surface area (Å²) >= 11 is 0. The fourth-order valence-electron chi connectivity index (χ4n) is 2.92. The number of carboxylic acid groups (broad SMARTS) is 1. The third kappa shape index (κ3) is 4.25. The zero-order chi connectivity index (χ0) is 16.1. The molecular formula is C15H21N3O4. The topological polar surface area (TPSA) is 86.9 Å². The predicted octanol–water partition coefficient (Wildman–Crippen LogP) is 1.58. The van der Waals surface area contributed by atoms with Crippen molar-refractivity contribution in [1.82, 2.24) is 9.80 Å². The smallest absolute Gasteiger partial charge is 0.317 e. The van der Waals surface area contributed by atoms with Crippen molar-refractivity contribution in [3.05, 3.63) is 39.9 Å². The zero-order valence-electron chi connectivity index (χ0n) is 12.6. The van der Waals surface area contributed by atoms with E-state index in [9.17, 15) is 14.9 Å². The molecule has 7 heteroatoms. The van der Waals surface area contributed by atoms with Gasteiger partial charge in [0, 0.05) is 24.2 Å². The quantitative estimate of drug-likeness (QED) is 0.634. The fraction of sp³-hybridized carbons (Fsp3) is 0.533. The van der Waals surface area contributed by atoms with E-state index in [-0.39, 0.29) is 23.2 Å². The number of hydrogen-bond donors (Lipinski definition) is 1. The van der Waals surface area contributed by atoms with E-state index in [0.29, 0.717) is 6.54 Å². The van der Waals surface area contributed by atoms with E-state index in [1.165, 1.54) is 6.07 Å². The summed E-state index contributed by atoms with van der Waals surface area (Å²) in [7, 11) is 1.83. The number of benzene rings is 1. The molecule has 1 aromatic carbocycles. The van der Waals surface area contributed by atoms with Gasteiger partial charge in [0.15, 0.2) is 0 Å². The Morgan fingerprint density at radius 1 is 1.41 bits per heavy atom. The molecule has 0 spiro atoms. The average molecular weight is 307 g/mol. The van der Waals surface area contributed by atoms with Crippen molar-refractivity contribution in [2.45, 2.75) is 25.4 Å². The molecule has 0 atom stereocenters. The molecule has 2 rings (SSSR count). The first-order valence-corrected chi connectivity index (χ1v) is 7.34. The minimum absolute atomic E-state index is 0.0504. The van der Waals surface area contributed by atoms with Gasteiger partial charge in [-0.05, 0) is 33.0 Å². The van der Waals surface area contributed by atoms with Gasteiger partial charge in [-0.25, -0.2) is 0 Å². The molecule has 1 heterocycles. The van der Waals surface area contributed by atoms with Gasteiger partial charge in [-0.3, -0.25) is 24.7 Å².